The maximum Gasteiger partial charge on any atom is 0.0543 e. The molecule has 0 N–H and O–H groups in total. The molecule has 4 fully saturated rings. The Labute approximate surface area is 284 Å². The molecule has 6 aromatic carbocycles. The van der Waals surface area contributed by atoms with Gasteiger partial charge in [0, 0.05) is 27.5 Å². The SMILES string of the molecule is CC1(C)c2ccccc2-c2cc(N(c3cccc4c3-c3ccccc3C43C4CC5CC(C4)CC3C5)c3cccc4ccccc34)ccc21. The first-order chi connectivity index (χ1) is 23.5. The summed E-state index contributed by atoms with van der Waals surface area (Å²) in [6.07, 6.45) is 7.08. The summed E-state index contributed by atoms with van der Waals surface area (Å²) in [4.78, 5) is 2.61. The van der Waals surface area contributed by atoms with E-state index >= 15 is 0 Å². The minimum Gasteiger partial charge on any atom is -0.309 e. The number of rotatable bonds is 3. The number of nitrogens with zero attached hydrogens (tertiary/aromatic N) is 1. The first-order valence-electron chi connectivity index (χ1n) is 18.3. The van der Waals surface area contributed by atoms with Gasteiger partial charge < -0.3 is 4.90 Å². The van der Waals surface area contributed by atoms with Crippen LogP contribution in [-0.4, -0.2) is 0 Å². The van der Waals surface area contributed by atoms with Crippen molar-refractivity contribution >= 4 is 27.8 Å². The van der Waals surface area contributed by atoms with E-state index in [1.807, 2.05) is 0 Å². The monoisotopic (exact) mass is 619 g/mol. The van der Waals surface area contributed by atoms with E-state index in [1.54, 1.807) is 11.1 Å². The summed E-state index contributed by atoms with van der Waals surface area (Å²) in [6, 6.07) is 49.0. The van der Waals surface area contributed by atoms with E-state index < -0.39 is 0 Å². The van der Waals surface area contributed by atoms with Crippen LogP contribution < -0.4 is 4.90 Å². The quantitative estimate of drug-likeness (QED) is 0.190. The second kappa shape index (κ2) is 9.50. The highest BCUT2D eigenvalue weighted by Crippen LogP contribution is 2.70. The molecule has 6 aromatic rings. The van der Waals surface area contributed by atoms with Gasteiger partial charge in [0.25, 0.3) is 0 Å². The Hall–Kier alpha value is -4.62. The molecule has 0 saturated heterocycles. The molecular weight excluding hydrogens is 579 g/mol. The lowest BCUT2D eigenvalue weighted by Gasteiger charge is -2.61. The van der Waals surface area contributed by atoms with E-state index in [2.05, 4.69) is 146 Å². The second-order valence-corrected chi connectivity index (χ2v) is 16.2. The number of hydrogen-bond donors (Lipinski definition) is 0. The minimum atomic E-state index is -0.0203. The van der Waals surface area contributed by atoms with E-state index in [4.69, 9.17) is 0 Å². The molecule has 0 atom stereocenters. The summed E-state index contributed by atoms with van der Waals surface area (Å²) in [7, 11) is 0. The molecule has 0 aromatic heterocycles. The third-order valence-electron chi connectivity index (χ3n) is 13.6. The molecule has 0 aliphatic heterocycles. The summed E-state index contributed by atoms with van der Waals surface area (Å²) >= 11 is 0. The average Bonchev–Trinajstić information content (AvgIpc) is 3.54. The van der Waals surface area contributed by atoms with Crippen molar-refractivity contribution in [3.05, 3.63) is 150 Å². The van der Waals surface area contributed by atoms with Crippen LogP contribution in [0.3, 0.4) is 0 Å². The van der Waals surface area contributed by atoms with Crippen molar-refractivity contribution < 1.29 is 0 Å². The molecule has 0 radical (unpaired) electrons. The highest BCUT2D eigenvalue weighted by molar-refractivity contribution is 6.03. The Balaban J connectivity index is 1.20. The summed E-state index contributed by atoms with van der Waals surface area (Å²) in [5.74, 6) is 3.36. The lowest BCUT2D eigenvalue weighted by molar-refractivity contribution is -0.0399. The maximum atomic E-state index is 2.61. The number of anilines is 3. The van der Waals surface area contributed by atoms with Crippen LogP contribution in [0, 0.1) is 23.7 Å². The predicted octanol–water partition coefficient (Wildman–Crippen LogP) is 12.3. The van der Waals surface area contributed by atoms with Gasteiger partial charge in [-0.25, -0.2) is 0 Å². The molecule has 0 amide bonds. The molecule has 234 valence electrons. The van der Waals surface area contributed by atoms with Crippen molar-refractivity contribution in [2.75, 3.05) is 4.90 Å². The van der Waals surface area contributed by atoms with Gasteiger partial charge in [0.15, 0.2) is 0 Å². The molecule has 1 spiro atoms. The van der Waals surface area contributed by atoms with Crippen LogP contribution in [0.15, 0.2) is 127 Å². The van der Waals surface area contributed by atoms with Crippen molar-refractivity contribution in [2.24, 2.45) is 23.7 Å². The van der Waals surface area contributed by atoms with Gasteiger partial charge in [0.2, 0.25) is 0 Å². The van der Waals surface area contributed by atoms with Gasteiger partial charge in [-0.2, -0.15) is 0 Å². The van der Waals surface area contributed by atoms with E-state index in [0.29, 0.717) is 0 Å². The Bertz CT molecular complexity index is 2270. The van der Waals surface area contributed by atoms with Gasteiger partial charge >= 0.3 is 0 Å². The highest BCUT2D eigenvalue weighted by atomic mass is 15.1. The lowest BCUT2D eigenvalue weighted by Crippen LogP contribution is -2.55. The number of benzene rings is 6. The molecule has 1 nitrogen and oxygen atoms in total. The predicted molar refractivity (Wildman–Crippen MR) is 199 cm³/mol. The third-order valence-corrected chi connectivity index (χ3v) is 13.6. The van der Waals surface area contributed by atoms with Crippen LogP contribution in [0.2, 0.25) is 0 Å². The highest BCUT2D eigenvalue weighted by Gasteiger charge is 2.61. The first kappa shape index (κ1) is 27.3. The van der Waals surface area contributed by atoms with Crippen molar-refractivity contribution in [3.63, 3.8) is 0 Å². The largest absolute Gasteiger partial charge is 0.309 e. The van der Waals surface area contributed by atoms with Gasteiger partial charge in [-0.1, -0.05) is 117 Å². The fourth-order valence-electron chi connectivity index (χ4n) is 12.0. The van der Waals surface area contributed by atoms with E-state index in [-0.39, 0.29) is 10.8 Å². The molecule has 0 unspecified atom stereocenters. The van der Waals surface area contributed by atoms with Crippen molar-refractivity contribution in [2.45, 2.75) is 56.8 Å². The van der Waals surface area contributed by atoms with Gasteiger partial charge in [0.05, 0.1) is 11.4 Å². The van der Waals surface area contributed by atoms with Crippen molar-refractivity contribution in [1.82, 2.24) is 0 Å². The van der Waals surface area contributed by atoms with E-state index in [0.717, 1.165) is 23.7 Å². The Kier molecular flexibility index (Phi) is 5.41. The van der Waals surface area contributed by atoms with Crippen molar-refractivity contribution in [3.8, 4) is 22.3 Å². The summed E-state index contributed by atoms with van der Waals surface area (Å²) in [5.41, 5.74) is 15.6. The zero-order valence-corrected chi connectivity index (χ0v) is 27.9. The topological polar surface area (TPSA) is 3.24 Å². The van der Waals surface area contributed by atoms with Crippen LogP contribution in [0.25, 0.3) is 33.0 Å². The standard InChI is InChI=1S/C47H41N/c1-46(2)39-16-7-5-14-36(39)38-28-34(21-22-40(38)46)48(43-19-9-12-31-11-3-4-13-35(31)43)44-20-10-18-42-45(44)37-15-6-8-17-41(37)47(42)32-24-29-23-30(26-32)27-33(47)25-29/h3-22,28-30,32-33H,23-27H2,1-2H3. The molecule has 48 heavy (non-hydrogen) atoms. The molecular formula is C47H41N. The maximum absolute atomic E-state index is 2.61. The molecule has 1 heteroatoms. The first-order valence-corrected chi connectivity index (χ1v) is 18.3. The molecule has 0 heterocycles. The summed E-state index contributed by atoms with van der Waals surface area (Å²) in [5, 5.41) is 2.56. The minimum absolute atomic E-state index is 0.0203. The zero-order chi connectivity index (χ0) is 31.8. The summed E-state index contributed by atoms with van der Waals surface area (Å²) in [6.45, 7) is 4.76. The van der Waals surface area contributed by atoms with Gasteiger partial charge in [0.1, 0.15) is 0 Å². The van der Waals surface area contributed by atoms with Gasteiger partial charge in [-0.15, -0.1) is 0 Å². The fourth-order valence-corrected chi connectivity index (χ4v) is 12.0. The second-order valence-electron chi connectivity index (χ2n) is 16.2. The summed E-state index contributed by atoms with van der Waals surface area (Å²) < 4.78 is 0. The molecule has 4 saturated carbocycles. The zero-order valence-electron chi connectivity index (χ0n) is 27.9. The normalized spacial score (nSPS) is 26.4. The Morgan fingerprint density at radius 1 is 0.500 bits per heavy atom. The smallest absolute Gasteiger partial charge is 0.0543 e. The van der Waals surface area contributed by atoms with Crippen molar-refractivity contribution in [1.29, 1.82) is 0 Å². The van der Waals surface area contributed by atoms with Crippen LogP contribution in [0.4, 0.5) is 17.1 Å². The van der Waals surface area contributed by atoms with Crippen LogP contribution >= 0.6 is 0 Å². The van der Waals surface area contributed by atoms with Gasteiger partial charge in [-0.05, 0) is 124 Å². The Morgan fingerprint density at radius 2 is 1.10 bits per heavy atom. The molecule has 4 bridgehead atoms. The average molecular weight is 620 g/mol. The van der Waals surface area contributed by atoms with Gasteiger partial charge in [-0.3, -0.25) is 0 Å². The van der Waals surface area contributed by atoms with E-state index in [1.165, 1.54) is 93.3 Å². The number of hydrogen-bond acceptors (Lipinski definition) is 1. The lowest BCUT2D eigenvalue weighted by atomic mass is 9.43. The van der Waals surface area contributed by atoms with Crippen LogP contribution in [0.1, 0.15) is 68.2 Å². The third kappa shape index (κ3) is 3.38. The van der Waals surface area contributed by atoms with Crippen LogP contribution in [-0.2, 0) is 10.8 Å². The van der Waals surface area contributed by atoms with Crippen LogP contribution in [0.5, 0.6) is 0 Å². The fraction of sp³-hybridized carbons (Fsp3) is 0.277. The molecule has 6 aliphatic carbocycles. The Morgan fingerprint density at radius 3 is 1.92 bits per heavy atom. The number of fused-ring (bicyclic) bond motifs is 7. The molecule has 6 aliphatic rings. The molecule has 12 rings (SSSR count). The van der Waals surface area contributed by atoms with E-state index in [9.17, 15) is 0 Å².